The number of hydrogen-bond acceptors (Lipinski definition) is 2. The van der Waals surface area contributed by atoms with E-state index in [9.17, 15) is 9.59 Å². The molecule has 0 saturated carbocycles. The maximum atomic E-state index is 10.8. The average Bonchev–Trinajstić information content (AvgIpc) is 2.11. The lowest BCUT2D eigenvalue weighted by atomic mass is 10.2. The molecule has 0 aromatic rings. The Morgan fingerprint density at radius 3 is 2.30 bits per heavy atom. The fourth-order valence-corrected chi connectivity index (χ4v) is 1.45. The third-order valence-electron chi connectivity index (χ3n) is 1.34. The summed E-state index contributed by atoms with van der Waals surface area (Å²) < 4.78 is 0.519. The third kappa shape index (κ3) is 1.11. The van der Waals surface area contributed by atoms with Crippen LogP contribution in [0.4, 0.5) is 0 Å². The van der Waals surface area contributed by atoms with Crippen LogP contribution in [0.25, 0.3) is 0 Å². The van der Waals surface area contributed by atoms with Crippen LogP contribution >= 0.6 is 15.9 Å². The molecule has 1 rings (SSSR count). The van der Waals surface area contributed by atoms with Crippen LogP contribution in [0.1, 0.15) is 12.8 Å². The maximum absolute atomic E-state index is 10.8. The zero-order valence-electron chi connectivity index (χ0n) is 5.06. The lowest BCUT2D eigenvalue weighted by Crippen LogP contribution is -2.07. The molecule has 0 saturated heterocycles. The van der Waals surface area contributed by atoms with E-state index in [1.807, 2.05) is 0 Å². The number of rotatable bonds is 1. The van der Waals surface area contributed by atoms with E-state index in [-0.39, 0.29) is 11.4 Å². The molecule has 0 aromatic carbocycles. The molecule has 0 unspecified atom stereocenters. The minimum Gasteiger partial charge on any atom is -0.478 e. The highest BCUT2D eigenvalue weighted by Crippen LogP contribution is 2.27. The van der Waals surface area contributed by atoms with E-state index in [0.29, 0.717) is 17.3 Å². The summed E-state index contributed by atoms with van der Waals surface area (Å²) >= 11 is 3.02. The maximum Gasteiger partial charge on any atom is 0.340 e. The number of carbonyl (C=O) groups is 2. The van der Waals surface area contributed by atoms with Gasteiger partial charge in [0.1, 0.15) is 5.57 Å². The summed E-state index contributed by atoms with van der Waals surface area (Å²) in [5.74, 6) is -1.41. The Morgan fingerprint density at radius 2 is 2.10 bits per heavy atom. The highest BCUT2D eigenvalue weighted by Gasteiger charge is 2.26. The zero-order chi connectivity index (χ0) is 7.72. The van der Waals surface area contributed by atoms with Gasteiger partial charge in [0.2, 0.25) is 0 Å². The molecule has 0 aliphatic heterocycles. The Hall–Kier alpha value is -0.640. The Bertz CT molecular complexity index is 229. The van der Waals surface area contributed by atoms with Crippen LogP contribution in [-0.4, -0.2) is 16.9 Å². The van der Waals surface area contributed by atoms with Gasteiger partial charge in [0, 0.05) is 10.9 Å². The molecule has 0 amide bonds. The lowest BCUT2D eigenvalue weighted by Gasteiger charge is -1.90. The fourth-order valence-electron chi connectivity index (χ4n) is 0.860. The molecule has 1 aliphatic carbocycles. The molecule has 0 spiro atoms. The molecular weight excluding hydrogens is 200 g/mol. The topological polar surface area (TPSA) is 54.4 Å². The molecule has 0 fully saturated rings. The van der Waals surface area contributed by atoms with Gasteiger partial charge in [-0.2, -0.15) is 0 Å². The van der Waals surface area contributed by atoms with Crippen LogP contribution in [0.3, 0.4) is 0 Å². The smallest absolute Gasteiger partial charge is 0.340 e. The summed E-state index contributed by atoms with van der Waals surface area (Å²) in [4.78, 5) is 21.1. The molecule has 0 radical (unpaired) electrons. The van der Waals surface area contributed by atoms with Crippen molar-refractivity contribution in [3.05, 3.63) is 10.1 Å². The van der Waals surface area contributed by atoms with E-state index in [1.165, 1.54) is 0 Å². The van der Waals surface area contributed by atoms with E-state index in [1.54, 1.807) is 0 Å². The van der Waals surface area contributed by atoms with Crippen molar-refractivity contribution in [1.82, 2.24) is 0 Å². The van der Waals surface area contributed by atoms with Crippen LogP contribution < -0.4 is 0 Å². The summed E-state index contributed by atoms with van der Waals surface area (Å²) in [6.45, 7) is 0. The van der Waals surface area contributed by atoms with E-state index < -0.39 is 5.97 Å². The number of hydrogen-bond donors (Lipinski definition) is 1. The zero-order valence-corrected chi connectivity index (χ0v) is 6.64. The first-order valence-electron chi connectivity index (χ1n) is 2.78. The van der Waals surface area contributed by atoms with Gasteiger partial charge in [0.25, 0.3) is 0 Å². The van der Waals surface area contributed by atoms with Crippen molar-refractivity contribution in [3.63, 3.8) is 0 Å². The Balaban J connectivity index is 2.99. The summed E-state index contributed by atoms with van der Waals surface area (Å²) in [7, 11) is 0. The second kappa shape index (κ2) is 2.54. The Kier molecular flexibility index (Phi) is 1.89. The van der Waals surface area contributed by atoms with Crippen molar-refractivity contribution < 1.29 is 14.7 Å². The van der Waals surface area contributed by atoms with Crippen molar-refractivity contribution in [2.75, 3.05) is 0 Å². The molecule has 4 heteroatoms. The molecule has 54 valence electrons. The summed E-state index contributed by atoms with van der Waals surface area (Å²) in [5.41, 5.74) is -0.0833. The van der Waals surface area contributed by atoms with Crippen LogP contribution in [-0.2, 0) is 9.59 Å². The molecule has 1 N–H and O–H groups in total. The minimum absolute atomic E-state index is 0.0833. The van der Waals surface area contributed by atoms with Crippen molar-refractivity contribution in [1.29, 1.82) is 0 Å². The van der Waals surface area contributed by atoms with Gasteiger partial charge in [0.05, 0.1) is 0 Å². The number of ketones is 1. The van der Waals surface area contributed by atoms with E-state index in [4.69, 9.17) is 5.11 Å². The van der Waals surface area contributed by atoms with Gasteiger partial charge in [-0.15, -0.1) is 0 Å². The van der Waals surface area contributed by atoms with Gasteiger partial charge in [-0.1, -0.05) is 15.9 Å². The fraction of sp³-hybridized carbons (Fsp3) is 0.333. The van der Waals surface area contributed by atoms with Gasteiger partial charge < -0.3 is 5.11 Å². The lowest BCUT2D eigenvalue weighted by molar-refractivity contribution is -0.134. The second-order valence-electron chi connectivity index (χ2n) is 2.01. The van der Waals surface area contributed by atoms with Gasteiger partial charge >= 0.3 is 5.97 Å². The first kappa shape index (κ1) is 7.47. The molecule has 3 nitrogen and oxygen atoms in total. The van der Waals surface area contributed by atoms with E-state index in [2.05, 4.69) is 15.9 Å². The van der Waals surface area contributed by atoms with E-state index >= 15 is 0 Å². The Morgan fingerprint density at radius 1 is 1.50 bits per heavy atom. The third-order valence-corrected chi connectivity index (χ3v) is 2.13. The largest absolute Gasteiger partial charge is 0.478 e. The highest BCUT2D eigenvalue weighted by molar-refractivity contribution is 9.11. The van der Waals surface area contributed by atoms with Crippen LogP contribution in [0, 0.1) is 0 Å². The summed E-state index contributed by atoms with van der Waals surface area (Å²) in [6.07, 6.45) is 0.850. The summed E-state index contributed by atoms with van der Waals surface area (Å²) in [5, 5.41) is 8.45. The molecule has 0 atom stereocenters. The molecule has 10 heavy (non-hydrogen) atoms. The molecule has 0 bridgehead atoms. The molecule has 0 heterocycles. The predicted octanol–water partition coefficient (Wildman–Crippen LogP) is 1.08. The van der Waals surface area contributed by atoms with E-state index in [0.717, 1.165) is 0 Å². The SMILES string of the molecule is O=C(O)C1=C(Br)CCC1=O. The number of Topliss-reactive ketones (excluding diaryl/α,β-unsaturated/α-hetero) is 1. The normalized spacial score (nSPS) is 18.3. The highest BCUT2D eigenvalue weighted by atomic mass is 79.9. The van der Waals surface area contributed by atoms with Gasteiger partial charge in [-0.3, -0.25) is 4.79 Å². The number of carboxylic acids is 1. The monoisotopic (exact) mass is 204 g/mol. The standard InChI is InChI=1S/C6H5BrO3/c7-3-1-2-4(8)5(3)6(9)10/h1-2H2,(H,9,10). The van der Waals surface area contributed by atoms with Gasteiger partial charge in [0.15, 0.2) is 5.78 Å². The number of allylic oxidation sites excluding steroid dienone is 1. The Labute approximate surface area is 65.9 Å². The molecule has 1 aliphatic rings. The number of carbonyl (C=O) groups excluding carboxylic acids is 1. The molecular formula is C6H5BrO3. The van der Waals surface area contributed by atoms with Crippen molar-refractivity contribution >= 4 is 27.7 Å². The quantitative estimate of drug-likeness (QED) is 0.651. The van der Waals surface area contributed by atoms with Crippen molar-refractivity contribution in [2.24, 2.45) is 0 Å². The van der Waals surface area contributed by atoms with Crippen molar-refractivity contribution in [3.8, 4) is 0 Å². The number of carboxylic acid groups (broad SMARTS) is 1. The van der Waals surface area contributed by atoms with Crippen LogP contribution in [0.2, 0.25) is 0 Å². The molecule has 0 aromatic heterocycles. The predicted molar refractivity (Wildman–Crippen MR) is 37.8 cm³/mol. The van der Waals surface area contributed by atoms with Gasteiger partial charge in [-0.05, 0) is 6.42 Å². The van der Waals surface area contributed by atoms with Crippen molar-refractivity contribution in [2.45, 2.75) is 12.8 Å². The number of halogens is 1. The minimum atomic E-state index is -1.13. The summed E-state index contributed by atoms with van der Waals surface area (Å²) in [6, 6.07) is 0. The average molecular weight is 205 g/mol. The first-order valence-corrected chi connectivity index (χ1v) is 3.57. The van der Waals surface area contributed by atoms with Crippen LogP contribution in [0.5, 0.6) is 0 Å². The first-order chi connectivity index (χ1) is 4.63. The van der Waals surface area contributed by atoms with Crippen LogP contribution in [0.15, 0.2) is 10.1 Å². The second-order valence-corrected chi connectivity index (χ2v) is 2.97. The van der Waals surface area contributed by atoms with Gasteiger partial charge in [-0.25, -0.2) is 4.79 Å². The number of aliphatic carboxylic acids is 1.